The lowest BCUT2D eigenvalue weighted by atomic mass is 10.2. The third kappa shape index (κ3) is 2.67. The van der Waals surface area contributed by atoms with Crippen molar-refractivity contribution in [3.63, 3.8) is 0 Å². The Bertz CT molecular complexity index is 319. The molecule has 1 aliphatic rings. The number of hydrogen-bond donors (Lipinski definition) is 1. The van der Waals surface area contributed by atoms with E-state index < -0.39 is 0 Å². The Morgan fingerprint density at radius 2 is 2.00 bits per heavy atom. The van der Waals surface area contributed by atoms with E-state index in [1.54, 1.807) is 6.26 Å². The van der Waals surface area contributed by atoms with Crippen molar-refractivity contribution in [3.05, 3.63) is 22.6 Å². The Hall–Kier alpha value is -0.320. The van der Waals surface area contributed by atoms with Gasteiger partial charge in [-0.25, -0.2) is 0 Å². The maximum atomic E-state index is 5.89. The maximum absolute atomic E-state index is 5.89. The Morgan fingerprint density at radius 3 is 2.50 bits per heavy atom. The Morgan fingerprint density at radius 1 is 1.31 bits per heavy atom. The van der Waals surface area contributed by atoms with Crippen molar-refractivity contribution < 1.29 is 4.42 Å². The first kappa shape index (κ1) is 12.1. The fraction of sp³-hybridized carbons (Fsp3) is 0.667. The average Bonchev–Trinajstić information content (AvgIpc) is 2.57. The minimum absolute atomic E-state index is 0.225. The zero-order valence-electron chi connectivity index (χ0n) is 9.49. The smallest absolute Gasteiger partial charge is 0.136 e. The van der Waals surface area contributed by atoms with Crippen LogP contribution in [-0.4, -0.2) is 24.5 Å². The summed E-state index contributed by atoms with van der Waals surface area (Å²) in [6.07, 6.45) is 6.95. The predicted octanol–water partition coefficient (Wildman–Crippen LogP) is 2.92. The molecule has 2 N–H and O–H groups in total. The van der Waals surface area contributed by atoms with Gasteiger partial charge in [0, 0.05) is 6.54 Å². The Labute approximate surface area is 105 Å². The highest BCUT2D eigenvalue weighted by Crippen LogP contribution is 2.29. The van der Waals surface area contributed by atoms with E-state index in [2.05, 4.69) is 20.8 Å². The normalized spacial score (nSPS) is 20.6. The summed E-state index contributed by atoms with van der Waals surface area (Å²) in [4.78, 5) is 2.45. The van der Waals surface area contributed by atoms with Crippen LogP contribution in [-0.2, 0) is 0 Å². The lowest BCUT2D eigenvalue weighted by Gasteiger charge is -2.28. The molecule has 0 saturated carbocycles. The van der Waals surface area contributed by atoms with E-state index in [1.165, 1.54) is 25.7 Å². The van der Waals surface area contributed by atoms with Gasteiger partial charge >= 0.3 is 0 Å². The van der Waals surface area contributed by atoms with Crippen LogP contribution in [0, 0.1) is 0 Å². The van der Waals surface area contributed by atoms with E-state index >= 15 is 0 Å². The van der Waals surface area contributed by atoms with Crippen LogP contribution >= 0.6 is 15.9 Å². The minimum Gasteiger partial charge on any atom is -0.466 e. The van der Waals surface area contributed by atoms with Gasteiger partial charge in [0.15, 0.2) is 0 Å². The Balaban J connectivity index is 2.12. The van der Waals surface area contributed by atoms with Gasteiger partial charge in [-0.15, -0.1) is 0 Å². The molecule has 90 valence electrons. The molecule has 1 unspecified atom stereocenters. The molecule has 2 rings (SSSR count). The van der Waals surface area contributed by atoms with Gasteiger partial charge in [0.05, 0.1) is 16.8 Å². The monoisotopic (exact) mass is 286 g/mol. The summed E-state index contributed by atoms with van der Waals surface area (Å²) in [5.41, 5.74) is 5.89. The Kier molecular flexibility index (Phi) is 4.44. The molecule has 0 amide bonds. The van der Waals surface area contributed by atoms with Crippen molar-refractivity contribution in [2.45, 2.75) is 31.7 Å². The molecule has 1 aromatic rings. The first-order chi connectivity index (χ1) is 7.83. The summed E-state index contributed by atoms with van der Waals surface area (Å²) in [7, 11) is 0. The first-order valence-electron chi connectivity index (χ1n) is 6.00. The fourth-order valence-electron chi connectivity index (χ4n) is 2.37. The highest BCUT2D eigenvalue weighted by atomic mass is 79.9. The topological polar surface area (TPSA) is 42.4 Å². The first-order valence-corrected chi connectivity index (χ1v) is 6.79. The number of halogens is 1. The molecule has 16 heavy (non-hydrogen) atoms. The molecular formula is C12H19BrN2O. The molecule has 1 fully saturated rings. The molecule has 1 aromatic heterocycles. The van der Waals surface area contributed by atoms with Crippen LogP contribution in [0.4, 0.5) is 0 Å². The summed E-state index contributed by atoms with van der Waals surface area (Å²) >= 11 is 3.52. The van der Waals surface area contributed by atoms with Gasteiger partial charge in [0.25, 0.3) is 0 Å². The molecule has 1 aliphatic heterocycles. The standard InChI is InChI=1S/C12H19BrN2O/c13-10-5-8-16-12(10)11(9-14)15-6-3-1-2-4-7-15/h5,8,11H,1-4,6-7,9,14H2. The SMILES string of the molecule is NCC(c1occc1Br)N1CCCCCC1. The highest BCUT2D eigenvalue weighted by molar-refractivity contribution is 9.10. The third-order valence-corrected chi connectivity index (χ3v) is 3.91. The molecule has 4 heteroatoms. The molecule has 0 aliphatic carbocycles. The van der Waals surface area contributed by atoms with E-state index in [0.29, 0.717) is 6.54 Å². The van der Waals surface area contributed by atoms with Crippen LogP contribution < -0.4 is 5.73 Å². The molecule has 3 nitrogen and oxygen atoms in total. The molecule has 1 atom stereocenters. The van der Waals surface area contributed by atoms with Crippen LogP contribution in [0.3, 0.4) is 0 Å². The van der Waals surface area contributed by atoms with E-state index in [1.807, 2.05) is 6.07 Å². The minimum atomic E-state index is 0.225. The van der Waals surface area contributed by atoms with Gasteiger partial charge in [0.1, 0.15) is 5.76 Å². The van der Waals surface area contributed by atoms with Gasteiger partial charge in [-0.2, -0.15) is 0 Å². The lowest BCUT2D eigenvalue weighted by molar-refractivity contribution is 0.185. The molecule has 0 radical (unpaired) electrons. The highest BCUT2D eigenvalue weighted by Gasteiger charge is 2.24. The van der Waals surface area contributed by atoms with Gasteiger partial charge < -0.3 is 10.2 Å². The molecule has 0 bridgehead atoms. The second-order valence-electron chi connectivity index (χ2n) is 4.33. The number of furan rings is 1. The van der Waals surface area contributed by atoms with Crippen molar-refractivity contribution in [1.82, 2.24) is 4.90 Å². The summed E-state index contributed by atoms with van der Waals surface area (Å²) < 4.78 is 6.58. The maximum Gasteiger partial charge on any atom is 0.136 e. The molecule has 1 saturated heterocycles. The van der Waals surface area contributed by atoms with E-state index in [9.17, 15) is 0 Å². The van der Waals surface area contributed by atoms with Crippen LogP contribution in [0.1, 0.15) is 37.5 Å². The summed E-state index contributed by atoms with van der Waals surface area (Å²) in [6.45, 7) is 2.89. The van der Waals surface area contributed by atoms with Gasteiger partial charge in [-0.05, 0) is 47.9 Å². The number of nitrogens with two attached hydrogens (primary N) is 1. The summed E-state index contributed by atoms with van der Waals surface area (Å²) in [6, 6.07) is 2.16. The van der Waals surface area contributed by atoms with Crippen LogP contribution in [0.15, 0.2) is 21.2 Å². The lowest BCUT2D eigenvalue weighted by Crippen LogP contribution is -2.34. The summed E-state index contributed by atoms with van der Waals surface area (Å²) in [5, 5.41) is 0. The number of rotatable bonds is 3. The van der Waals surface area contributed by atoms with Crippen molar-refractivity contribution >= 4 is 15.9 Å². The predicted molar refractivity (Wildman–Crippen MR) is 68.2 cm³/mol. The zero-order valence-corrected chi connectivity index (χ0v) is 11.1. The second-order valence-corrected chi connectivity index (χ2v) is 5.19. The van der Waals surface area contributed by atoms with Crippen LogP contribution in [0.2, 0.25) is 0 Å². The summed E-state index contributed by atoms with van der Waals surface area (Å²) in [5.74, 6) is 0.976. The molecule has 0 aromatic carbocycles. The number of likely N-dealkylation sites (tertiary alicyclic amines) is 1. The van der Waals surface area contributed by atoms with Crippen molar-refractivity contribution in [2.75, 3.05) is 19.6 Å². The van der Waals surface area contributed by atoms with Crippen molar-refractivity contribution in [2.24, 2.45) is 5.73 Å². The number of hydrogen-bond acceptors (Lipinski definition) is 3. The van der Waals surface area contributed by atoms with Gasteiger partial charge in [-0.3, -0.25) is 4.90 Å². The van der Waals surface area contributed by atoms with Crippen LogP contribution in [0.5, 0.6) is 0 Å². The van der Waals surface area contributed by atoms with E-state index in [4.69, 9.17) is 10.2 Å². The molecular weight excluding hydrogens is 268 g/mol. The number of nitrogens with zero attached hydrogens (tertiary/aromatic N) is 1. The van der Waals surface area contributed by atoms with E-state index in [-0.39, 0.29) is 6.04 Å². The molecule has 0 spiro atoms. The quantitative estimate of drug-likeness (QED) is 0.929. The van der Waals surface area contributed by atoms with Crippen molar-refractivity contribution in [3.8, 4) is 0 Å². The van der Waals surface area contributed by atoms with Gasteiger partial charge in [-0.1, -0.05) is 12.8 Å². The molecule has 2 heterocycles. The fourth-order valence-corrected chi connectivity index (χ4v) is 2.84. The largest absolute Gasteiger partial charge is 0.466 e. The van der Waals surface area contributed by atoms with Crippen molar-refractivity contribution in [1.29, 1.82) is 0 Å². The third-order valence-electron chi connectivity index (χ3n) is 3.25. The zero-order chi connectivity index (χ0) is 11.4. The average molecular weight is 287 g/mol. The van der Waals surface area contributed by atoms with Gasteiger partial charge in [0.2, 0.25) is 0 Å². The van der Waals surface area contributed by atoms with Crippen LogP contribution in [0.25, 0.3) is 0 Å². The second kappa shape index (κ2) is 5.84. The van der Waals surface area contributed by atoms with E-state index in [0.717, 1.165) is 23.3 Å².